The molecular weight excluding hydrogens is 358 g/mol. The van der Waals surface area contributed by atoms with Crippen LogP contribution in [0.2, 0.25) is 0 Å². The normalized spacial score (nSPS) is 18.9. The predicted molar refractivity (Wildman–Crippen MR) is 94.2 cm³/mol. The van der Waals surface area contributed by atoms with Gasteiger partial charge in [-0.25, -0.2) is 12.7 Å². The first-order valence-electron chi connectivity index (χ1n) is 8.15. The van der Waals surface area contributed by atoms with E-state index in [2.05, 4.69) is 10.5 Å². The first-order chi connectivity index (χ1) is 12.3. The van der Waals surface area contributed by atoms with Gasteiger partial charge in [-0.05, 0) is 25.1 Å². The predicted octanol–water partition coefficient (Wildman–Crippen LogP) is 1.27. The molecule has 1 unspecified atom stereocenters. The van der Waals surface area contributed by atoms with E-state index in [9.17, 15) is 18.0 Å². The summed E-state index contributed by atoms with van der Waals surface area (Å²) in [4.78, 5) is 24.5. The summed E-state index contributed by atoms with van der Waals surface area (Å²) in [5.74, 6) is -0.958. The highest BCUT2D eigenvalue weighted by atomic mass is 32.2. The number of hydrogen-bond acceptors (Lipinski definition) is 6. The molecule has 1 N–H and O–H groups in total. The molecule has 138 valence electrons. The minimum Gasteiger partial charge on any atom is -0.361 e. The summed E-state index contributed by atoms with van der Waals surface area (Å²) in [5.41, 5.74) is 1.19. The van der Waals surface area contributed by atoms with Gasteiger partial charge in [-0.2, -0.15) is 0 Å². The van der Waals surface area contributed by atoms with Gasteiger partial charge in [0.25, 0.3) is 5.91 Å². The molecule has 1 aromatic carbocycles. The van der Waals surface area contributed by atoms with Crippen molar-refractivity contribution >= 4 is 27.5 Å². The number of nitrogens with one attached hydrogen (secondary N) is 1. The van der Waals surface area contributed by atoms with Gasteiger partial charge < -0.3 is 9.84 Å². The lowest BCUT2D eigenvalue weighted by Gasteiger charge is -2.16. The van der Waals surface area contributed by atoms with E-state index in [1.54, 1.807) is 32.0 Å². The van der Waals surface area contributed by atoms with Gasteiger partial charge >= 0.3 is 0 Å². The highest BCUT2D eigenvalue weighted by Gasteiger charge is 2.42. The fourth-order valence-corrected chi connectivity index (χ4v) is 4.61. The molecule has 1 fully saturated rings. The third-order valence-corrected chi connectivity index (χ3v) is 5.92. The molecule has 0 saturated carbocycles. The van der Waals surface area contributed by atoms with E-state index in [-0.39, 0.29) is 22.9 Å². The van der Waals surface area contributed by atoms with Crippen LogP contribution in [0, 0.1) is 12.8 Å². The SMILES string of the molecule is Cc1cc(CCNC(=O)c2cccc(N3C(=O)C(C)CS3(=O)=O)c2)no1. The van der Waals surface area contributed by atoms with Gasteiger partial charge in [-0.15, -0.1) is 0 Å². The van der Waals surface area contributed by atoms with Crippen molar-refractivity contribution in [3.63, 3.8) is 0 Å². The Morgan fingerprint density at radius 2 is 2.15 bits per heavy atom. The molecule has 2 aromatic rings. The maximum Gasteiger partial charge on any atom is 0.251 e. The fourth-order valence-electron chi connectivity index (χ4n) is 2.80. The molecule has 1 atom stereocenters. The number of nitrogens with zero attached hydrogens (tertiary/aromatic N) is 2. The zero-order valence-electron chi connectivity index (χ0n) is 14.4. The molecule has 1 aliphatic rings. The summed E-state index contributed by atoms with van der Waals surface area (Å²) in [7, 11) is -3.70. The number of anilines is 1. The Bertz CT molecular complexity index is 951. The van der Waals surface area contributed by atoms with Crippen LogP contribution in [0.5, 0.6) is 0 Å². The minimum absolute atomic E-state index is 0.180. The summed E-state index contributed by atoms with van der Waals surface area (Å²) < 4.78 is 30.1. The van der Waals surface area contributed by atoms with Crippen LogP contribution in [0.4, 0.5) is 5.69 Å². The third kappa shape index (κ3) is 3.62. The van der Waals surface area contributed by atoms with Gasteiger partial charge in [-0.1, -0.05) is 18.1 Å². The molecule has 0 aliphatic carbocycles. The van der Waals surface area contributed by atoms with Crippen LogP contribution in [-0.2, 0) is 21.2 Å². The zero-order chi connectivity index (χ0) is 18.9. The van der Waals surface area contributed by atoms with Gasteiger partial charge in [0, 0.05) is 24.6 Å². The maximum absolute atomic E-state index is 12.3. The molecule has 9 heteroatoms. The van der Waals surface area contributed by atoms with Crippen molar-refractivity contribution in [1.82, 2.24) is 10.5 Å². The molecule has 8 nitrogen and oxygen atoms in total. The summed E-state index contributed by atoms with van der Waals surface area (Å²) >= 11 is 0. The Kier molecular flexibility index (Phi) is 4.82. The van der Waals surface area contributed by atoms with Gasteiger partial charge in [-0.3, -0.25) is 9.59 Å². The Labute approximate surface area is 151 Å². The second kappa shape index (κ2) is 6.91. The first-order valence-corrected chi connectivity index (χ1v) is 9.76. The van der Waals surface area contributed by atoms with E-state index in [1.165, 1.54) is 12.1 Å². The van der Waals surface area contributed by atoms with E-state index < -0.39 is 21.8 Å². The number of hydrogen-bond donors (Lipinski definition) is 1. The average Bonchev–Trinajstić information content (AvgIpc) is 3.07. The highest BCUT2D eigenvalue weighted by Crippen LogP contribution is 2.28. The topological polar surface area (TPSA) is 110 Å². The number of aryl methyl sites for hydroxylation is 1. The highest BCUT2D eigenvalue weighted by molar-refractivity contribution is 7.94. The summed E-state index contributed by atoms with van der Waals surface area (Å²) in [6.45, 7) is 3.71. The quantitative estimate of drug-likeness (QED) is 0.840. The molecule has 26 heavy (non-hydrogen) atoms. The molecule has 2 amide bonds. The van der Waals surface area contributed by atoms with Crippen LogP contribution < -0.4 is 9.62 Å². The first kappa shape index (κ1) is 18.1. The number of carbonyl (C=O) groups is 2. The van der Waals surface area contributed by atoms with E-state index in [0.717, 1.165) is 10.00 Å². The molecule has 1 aliphatic heterocycles. The number of benzene rings is 1. The van der Waals surface area contributed by atoms with Gasteiger partial charge in [0.1, 0.15) is 5.76 Å². The van der Waals surface area contributed by atoms with Crippen LogP contribution in [0.15, 0.2) is 34.9 Å². The Balaban J connectivity index is 1.70. The van der Waals surface area contributed by atoms with Crippen molar-refractivity contribution in [2.75, 3.05) is 16.6 Å². The molecule has 2 heterocycles. The van der Waals surface area contributed by atoms with E-state index in [4.69, 9.17) is 4.52 Å². The van der Waals surface area contributed by atoms with Gasteiger partial charge in [0.05, 0.1) is 23.1 Å². The van der Waals surface area contributed by atoms with Crippen LogP contribution in [0.1, 0.15) is 28.7 Å². The van der Waals surface area contributed by atoms with Gasteiger partial charge in [0.15, 0.2) is 0 Å². The van der Waals surface area contributed by atoms with Crippen molar-refractivity contribution in [3.8, 4) is 0 Å². The molecule has 1 saturated heterocycles. The Morgan fingerprint density at radius 1 is 1.38 bits per heavy atom. The van der Waals surface area contributed by atoms with Crippen LogP contribution >= 0.6 is 0 Å². The molecule has 0 radical (unpaired) electrons. The van der Waals surface area contributed by atoms with Crippen molar-refractivity contribution in [2.24, 2.45) is 5.92 Å². The summed E-state index contributed by atoms with van der Waals surface area (Å²) in [6.07, 6.45) is 0.513. The zero-order valence-corrected chi connectivity index (χ0v) is 15.2. The second-order valence-electron chi connectivity index (χ2n) is 6.27. The monoisotopic (exact) mass is 377 g/mol. The number of amides is 2. The molecule has 0 bridgehead atoms. The number of rotatable bonds is 5. The van der Waals surface area contributed by atoms with Crippen molar-refractivity contribution in [1.29, 1.82) is 0 Å². The van der Waals surface area contributed by atoms with Crippen LogP contribution in [-0.4, -0.2) is 37.7 Å². The van der Waals surface area contributed by atoms with Gasteiger partial charge in [0.2, 0.25) is 15.9 Å². The van der Waals surface area contributed by atoms with Crippen molar-refractivity contribution in [2.45, 2.75) is 20.3 Å². The summed E-state index contributed by atoms with van der Waals surface area (Å²) in [6, 6.07) is 7.82. The molecule has 0 spiro atoms. The summed E-state index contributed by atoms with van der Waals surface area (Å²) in [5, 5.41) is 6.59. The lowest BCUT2D eigenvalue weighted by atomic mass is 10.1. The maximum atomic E-state index is 12.3. The van der Waals surface area contributed by atoms with E-state index in [0.29, 0.717) is 18.7 Å². The Morgan fingerprint density at radius 3 is 2.77 bits per heavy atom. The smallest absolute Gasteiger partial charge is 0.251 e. The number of carbonyl (C=O) groups excluding carboxylic acids is 2. The molecular formula is C17H19N3O5S. The standard InChI is InChI=1S/C17H19N3O5S/c1-11-10-26(23,24)20(17(11)22)15-5-3-4-13(9-15)16(21)18-7-6-14-8-12(2)25-19-14/h3-5,8-9,11H,6-7,10H2,1-2H3,(H,18,21). The van der Waals surface area contributed by atoms with Crippen molar-refractivity contribution < 1.29 is 22.5 Å². The lowest BCUT2D eigenvalue weighted by Crippen LogP contribution is -2.31. The molecule has 1 aromatic heterocycles. The average molecular weight is 377 g/mol. The van der Waals surface area contributed by atoms with Crippen molar-refractivity contribution in [3.05, 3.63) is 47.3 Å². The van der Waals surface area contributed by atoms with Crippen LogP contribution in [0.3, 0.4) is 0 Å². The minimum atomic E-state index is -3.70. The fraction of sp³-hybridized carbons (Fsp3) is 0.353. The van der Waals surface area contributed by atoms with E-state index in [1.807, 2.05) is 0 Å². The van der Waals surface area contributed by atoms with E-state index >= 15 is 0 Å². The lowest BCUT2D eigenvalue weighted by molar-refractivity contribution is -0.119. The number of aromatic nitrogens is 1. The number of sulfonamides is 1. The third-order valence-electron chi connectivity index (χ3n) is 4.05. The van der Waals surface area contributed by atoms with Crippen LogP contribution in [0.25, 0.3) is 0 Å². The molecule has 3 rings (SSSR count). The Hall–Kier alpha value is -2.68. The second-order valence-corrected chi connectivity index (χ2v) is 8.13. The largest absolute Gasteiger partial charge is 0.361 e.